The first kappa shape index (κ1) is 19.2. The van der Waals surface area contributed by atoms with Crippen molar-refractivity contribution in [3.8, 4) is 11.1 Å². The lowest BCUT2D eigenvalue weighted by Gasteiger charge is -2.27. The summed E-state index contributed by atoms with van der Waals surface area (Å²) in [4.78, 5) is 48.8. The Bertz CT molecular complexity index is 1250. The van der Waals surface area contributed by atoms with Gasteiger partial charge in [0.1, 0.15) is 0 Å². The van der Waals surface area contributed by atoms with E-state index < -0.39 is 29.3 Å². The first-order valence-electron chi connectivity index (χ1n) is 8.90. The van der Waals surface area contributed by atoms with Gasteiger partial charge in [-0.1, -0.05) is 24.3 Å². The van der Waals surface area contributed by atoms with Gasteiger partial charge in [-0.25, -0.2) is 4.79 Å². The molecule has 3 aromatic rings. The molecule has 9 nitrogen and oxygen atoms in total. The van der Waals surface area contributed by atoms with E-state index in [1.165, 1.54) is 30.3 Å². The predicted molar refractivity (Wildman–Crippen MR) is 105 cm³/mol. The summed E-state index contributed by atoms with van der Waals surface area (Å²) in [7, 11) is 0. The molecule has 2 amide bonds. The lowest BCUT2D eigenvalue weighted by Crippen LogP contribution is -2.42. The minimum atomic E-state index is -1.13. The first-order chi connectivity index (χ1) is 14.3. The van der Waals surface area contributed by atoms with Crippen LogP contribution in [0, 0.1) is 10.1 Å². The number of β-amino-alcohol motifs (C(OH)–C–C–N with tert-alkyl or cyclic N) is 1. The SMILES string of the molecule is O=C(O)c1ccc(-c2c([N+](=O)[O-])cc3c4c(cccc24)C(=O)N(CCO)C3=O)cc1. The molecule has 4 rings (SSSR count). The zero-order chi connectivity index (χ0) is 21.6. The molecule has 0 aromatic heterocycles. The summed E-state index contributed by atoms with van der Waals surface area (Å²) in [6, 6.07) is 11.4. The molecule has 1 aliphatic heterocycles. The van der Waals surface area contributed by atoms with Crippen LogP contribution in [-0.2, 0) is 0 Å². The average molecular weight is 406 g/mol. The van der Waals surface area contributed by atoms with Crippen molar-refractivity contribution in [3.63, 3.8) is 0 Å². The quantitative estimate of drug-likeness (QED) is 0.377. The van der Waals surface area contributed by atoms with Crippen LogP contribution in [0.5, 0.6) is 0 Å². The van der Waals surface area contributed by atoms with Crippen LogP contribution in [0.15, 0.2) is 48.5 Å². The number of aliphatic hydroxyl groups excluding tert-OH is 1. The summed E-state index contributed by atoms with van der Waals surface area (Å²) >= 11 is 0. The van der Waals surface area contributed by atoms with Gasteiger partial charge in [0.15, 0.2) is 0 Å². The zero-order valence-corrected chi connectivity index (χ0v) is 15.4. The maximum absolute atomic E-state index is 12.9. The van der Waals surface area contributed by atoms with Crippen LogP contribution in [0.1, 0.15) is 31.1 Å². The maximum Gasteiger partial charge on any atom is 0.335 e. The molecule has 0 saturated carbocycles. The minimum Gasteiger partial charge on any atom is -0.478 e. The molecule has 0 radical (unpaired) electrons. The monoisotopic (exact) mass is 406 g/mol. The van der Waals surface area contributed by atoms with E-state index in [0.717, 1.165) is 11.0 Å². The second-order valence-corrected chi connectivity index (χ2v) is 6.67. The van der Waals surface area contributed by atoms with E-state index >= 15 is 0 Å². The third-order valence-electron chi connectivity index (χ3n) is 5.03. The smallest absolute Gasteiger partial charge is 0.335 e. The highest BCUT2D eigenvalue weighted by Gasteiger charge is 2.36. The maximum atomic E-state index is 12.9. The Morgan fingerprint density at radius 2 is 1.70 bits per heavy atom. The van der Waals surface area contributed by atoms with Gasteiger partial charge in [-0.15, -0.1) is 0 Å². The molecule has 0 fully saturated rings. The molecule has 3 aromatic carbocycles. The van der Waals surface area contributed by atoms with Crippen LogP contribution < -0.4 is 0 Å². The van der Waals surface area contributed by atoms with E-state index in [1.54, 1.807) is 12.1 Å². The van der Waals surface area contributed by atoms with E-state index in [2.05, 4.69) is 0 Å². The van der Waals surface area contributed by atoms with E-state index in [0.29, 0.717) is 16.3 Å². The number of carbonyl (C=O) groups is 3. The number of carboxylic acids is 1. The third kappa shape index (κ3) is 2.80. The van der Waals surface area contributed by atoms with Gasteiger partial charge in [0.25, 0.3) is 17.5 Å². The molecule has 0 atom stereocenters. The Morgan fingerprint density at radius 3 is 2.30 bits per heavy atom. The second-order valence-electron chi connectivity index (χ2n) is 6.67. The molecule has 9 heteroatoms. The fraction of sp³-hybridized carbons (Fsp3) is 0.0952. The van der Waals surface area contributed by atoms with Crippen molar-refractivity contribution >= 4 is 34.2 Å². The van der Waals surface area contributed by atoms with E-state index in [9.17, 15) is 29.6 Å². The van der Waals surface area contributed by atoms with Crippen LogP contribution in [0.2, 0.25) is 0 Å². The number of nitrogens with zero attached hydrogens (tertiary/aromatic N) is 2. The lowest BCUT2D eigenvalue weighted by molar-refractivity contribution is -0.384. The third-order valence-corrected chi connectivity index (χ3v) is 5.03. The topological polar surface area (TPSA) is 138 Å². The number of hydrogen-bond acceptors (Lipinski definition) is 6. The molecule has 0 unspecified atom stereocenters. The Labute approximate surface area is 168 Å². The van der Waals surface area contributed by atoms with Gasteiger partial charge < -0.3 is 10.2 Å². The summed E-state index contributed by atoms with van der Waals surface area (Å²) in [5.41, 5.74) is 0.459. The van der Waals surface area contributed by atoms with Gasteiger partial charge in [0.2, 0.25) is 0 Å². The average Bonchev–Trinajstić information content (AvgIpc) is 2.74. The van der Waals surface area contributed by atoms with Crippen molar-refractivity contribution in [2.75, 3.05) is 13.2 Å². The Kier molecular flexibility index (Phi) is 4.52. The molecule has 30 heavy (non-hydrogen) atoms. The predicted octanol–water partition coefficient (Wildman–Crippen LogP) is 2.70. The highest BCUT2D eigenvalue weighted by molar-refractivity contribution is 6.27. The highest BCUT2D eigenvalue weighted by Crippen LogP contribution is 2.42. The van der Waals surface area contributed by atoms with Crippen molar-refractivity contribution in [1.29, 1.82) is 0 Å². The number of amides is 2. The van der Waals surface area contributed by atoms with Crippen LogP contribution in [-0.4, -0.2) is 51.0 Å². The number of benzene rings is 3. The molecule has 150 valence electrons. The largest absolute Gasteiger partial charge is 0.478 e. The first-order valence-corrected chi connectivity index (χ1v) is 8.90. The van der Waals surface area contributed by atoms with Crippen molar-refractivity contribution in [3.05, 3.63) is 75.3 Å². The minimum absolute atomic E-state index is 0.00579. The molecular weight excluding hydrogens is 392 g/mol. The van der Waals surface area contributed by atoms with Crippen molar-refractivity contribution < 1.29 is 29.5 Å². The number of hydrogen-bond donors (Lipinski definition) is 2. The van der Waals surface area contributed by atoms with Gasteiger partial charge in [-0.3, -0.25) is 24.6 Å². The molecule has 0 spiro atoms. The number of nitro groups is 1. The van der Waals surface area contributed by atoms with E-state index in [1.807, 2.05) is 0 Å². The number of carboxylic acid groups (broad SMARTS) is 1. The fourth-order valence-electron chi connectivity index (χ4n) is 3.73. The molecule has 0 bridgehead atoms. The fourth-order valence-corrected chi connectivity index (χ4v) is 3.73. The molecule has 0 saturated heterocycles. The Hall–Kier alpha value is -4.11. The van der Waals surface area contributed by atoms with Crippen molar-refractivity contribution in [2.24, 2.45) is 0 Å². The molecule has 1 heterocycles. The lowest BCUT2D eigenvalue weighted by atomic mass is 9.87. The van der Waals surface area contributed by atoms with Gasteiger partial charge in [0, 0.05) is 17.0 Å². The number of nitro benzene ring substituents is 1. The Morgan fingerprint density at radius 1 is 1.03 bits per heavy atom. The standard InChI is InChI=1S/C21H14N2O7/c24-9-8-22-19(25)14-3-1-2-13-17(11-4-6-12(7-5-11)21(27)28)16(23(29)30)10-15(18(13)14)20(22)26/h1-7,10,24H,8-9H2,(H,27,28). The Balaban J connectivity index is 2.06. The van der Waals surface area contributed by atoms with Crippen LogP contribution in [0.25, 0.3) is 21.9 Å². The number of rotatable bonds is 5. The number of imide groups is 1. The highest BCUT2D eigenvalue weighted by atomic mass is 16.6. The summed E-state index contributed by atoms with van der Waals surface area (Å²) in [5, 5.41) is 30.8. The van der Waals surface area contributed by atoms with Gasteiger partial charge in [0.05, 0.1) is 34.8 Å². The summed E-state index contributed by atoms with van der Waals surface area (Å²) in [6.07, 6.45) is 0. The van der Waals surface area contributed by atoms with Crippen LogP contribution >= 0.6 is 0 Å². The van der Waals surface area contributed by atoms with Crippen LogP contribution in [0.4, 0.5) is 5.69 Å². The number of aliphatic hydroxyl groups is 1. The summed E-state index contributed by atoms with van der Waals surface area (Å²) in [6.45, 7) is -0.654. The summed E-state index contributed by atoms with van der Waals surface area (Å²) < 4.78 is 0. The second kappa shape index (κ2) is 7.05. The van der Waals surface area contributed by atoms with Crippen LogP contribution in [0.3, 0.4) is 0 Å². The normalized spacial score (nSPS) is 13.0. The van der Waals surface area contributed by atoms with E-state index in [-0.39, 0.29) is 34.5 Å². The van der Waals surface area contributed by atoms with E-state index in [4.69, 9.17) is 5.11 Å². The number of aromatic carboxylic acids is 1. The number of carbonyl (C=O) groups excluding carboxylic acids is 2. The van der Waals surface area contributed by atoms with Crippen molar-refractivity contribution in [2.45, 2.75) is 0 Å². The molecule has 0 aliphatic carbocycles. The van der Waals surface area contributed by atoms with Gasteiger partial charge in [-0.2, -0.15) is 0 Å². The van der Waals surface area contributed by atoms with Gasteiger partial charge >= 0.3 is 5.97 Å². The summed E-state index contributed by atoms with van der Waals surface area (Å²) in [5.74, 6) is -2.44. The zero-order valence-electron chi connectivity index (χ0n) is 15.4. The molecular formula is C21H14N2O7. The van der Waals surface area contributed by atoms with Crippen molar-refractivity contribution in [1.82, 2.24) is 4.90 Å². The van der Waals surface area contributed by atoms with Gasteiger partial charge in [-0.05, 0) is 29.1 Å². The molecule has 1 aliphatic rings. The molecule has 2 N–H and O–H groups in total.